The Morgan fingerprint density at radius 3 is 2.50 bits per heavy atom. The second-order valence-corrected chi connectivity index (χ2v) is 5.57. The molecule has 0 aliphatic rings. The molecule has 0 aromatic heterocycles. The third-order valence-corrected chi connectivity index (χ3v) is 3.38. The van der Waals surface area contributed by atoms with Crippen molar-refractivity contribution in [1.82, 2.24) is 5.32 Å². The van der Waals surface area contributed by atoms with Gasteiger partial charge in [-0.3, -0.25) is 4.79 Å². The summed E-state index contributed by atoms with van der Waals surface area (Å²) in [6.45, 7) is 4.30. The number of amides is 1. The highest BCUT2D eigenvalue weighted by Crippen LogP contribution is 2.29. The first kappa shape index (κ1) is 17.7. The second kappa shape index (κ2) is 8.24. The number of nitrogens with one attached hydrogen (secondary N) is 1. The van der Waals surface area contributed by atoms with Crippen molar-refractivity contribution in [3.8, 4) is 17.2 Å². The molecule has 0 fully saturated rings. The molecule has 2 rings (SSSR count). The highest BCUT2D eigenvalue weighted by Gasteiger charge is 2.12. The molecule has 24 heavy (non-hydrogen) atoms. The average molecular weight is 329 g/mol. The van der Waals surface area contributed by atoms with Gasteiger partial charge in [0.2, 0.25) is 0 Å². The van der Waals surface area contributed by atoms with Crippen molar-refractivity contribution in [3.63, 3.8) is 0 Å². The van der Waals surface area contributed by atoms with Crippen LogP contribution in [0.15, 0.2) is 42.5 Å². The van der Waals surface area contributed by atoms with Crippen LogP contribution in [0.1, 0.15) is 29.8 Å². The summed E-state index contributed by atoms with van der Waals surface area (Å²) in [6, 6.07) is 12.7. The Morgan fingerprint density at radius 2 is 1.83 bits per heavy atom. The van der Waals surface area contributed by atoms with Gasteiger partial charge in [-0.25, -0.2) is 0 Å². The Balaban J connectivity index is 2.06. The van der Waals surface area contributed by atoms with E-state index in [0.717, 1.165) is 11.3 Å². The molecule has 1 amide bonds. The fourth-order valence-electron chi connectivity index (χ4n) is 2.23. The number of methoxy groups -OCH3 is 2. The van der Waals surface area contributed by atoms with Gasteiger partial charge in [-0.15, -0.1) is 0 Å². The molecule has 2 aromatic rings. The van der Waals surface area contributed by atoms with E-state index in [9.17, 15) is 4.79 Å². The second-order valence-electron chi connectivity index (χ2n) is 5.57. The number of benzene rings is 2. The van der Waals surface area contributed by atoms with E-state index in [-0.39, 0.29) is 12.0 Å². The van der Waals surface area contributed by atoms with E-state index < -0.39 is 0 Å². The number of carbonyl (C=O) groups excluding carboxylic acids is 1. The van der Waals surface area contributed by atoms with Crippen LogP contribution in [0.4, 0.5) is 0 Å². The molecule has 128 valence electrons. The minimum absolute atomic E-state index is 0.0339. The Kier molecular flexibility index (Phi) is 6.07. The van der Waals surface area contributed by atoms with Gasteiger partial charge < -0.3 is 19.5 Å². The first-order valence-corrected chi connectivity index (χ1v) is 7.79. The fourth-order valence-corrected chi connectivity index (χ4v) is 2.23. The largest absolute Gasteiger partial charge is 0.497 e. The SMILES string of the molecule is COc1cccc(CNC(=O)c2ccc(OC(C)C)c(OC)c2)c1. The third-order valence-electron chi connectivity index (χ3n) is 3.38. The van der Waals surface area contributed by atoms with Crippen molar-refractivity contribution in [3.05, 3.63) is 53.6 Å². The quantitative estimate of drug-likeness (QED) is 0.845. The molecule has 0 bridgehead atoms. The molecular weight excluding hydrogens is 306 g/mol. The average Bonchev–Trinajstić information content (AvgIpc) is 2.59. The van der Waals surface area contributed by atoms with Crippen LogP contribution in [0.2, 0.25) is 0 Å². The number of carbonyl (C=O) groups is 1. The van der Waals surface area contributed by atoms with E-state index >= 15 is 0 Å². The van der Waals surface area contributed by atoms with E-state index in [4.69, 9.17) is 14.2 Å². The zero-order valence-corrected chi connectivity index (χ0v) is 14.5. The highest BCUT2D eigenvalue weighted by atomic mass is 16.5. The lowest BCUT2D eigenvalue weighted by Crippen LogP contribution is -2.22. The maximum atomic E-state index is 12.3. The van der Waals surface area contributed by atoms with Crippen LogP contribution in [0.5, 0.6) is 17.2 Å². The van der Waals surface area contributed by atoms with Gasteiger partial charge in [0, 0.05) is 12.1 Å². The minimum Gasteiger partial charge on any atom is -0.497 e. The lowest BCUT2D eigenvalue weighted by Gasteiger charge is -2.14. The van der Waals surface area contributed by atoms with Gasteiger partial charge in [-0.05, 0) is 49.7 Å². The molecule has 0 heterocycles. The third kappa shape index (κ3) is 4.65. The van der Waals surface area contributed by atoms with Crippen LogP contribution in [-0.2, 0) is 6.54 Å². The molecule has 1 N–H and O–H groups in total. The van der Waals surface area contributed by atoms with E-state index in [0.29, 0.717) is 23.6 Å². The Bertz CT molecular complexity index is 698. The summed E-state index contributed by atoms with van der Waals surface area (Å²) >= 11 is 0. The first-order valence-electron chi connectivity index (χ1n) is 7.79. The monoisotopic (exact) mass is 329 g/mol. The molecule has 5 nitrogen and oxygen atoms in total. The summed E-state index contributed by atoms with van der Waals surface area (Å²) in [7, 11) is 3.17. The summed E-state index contributed by atoms with van der Waals surface area (Å²) in [5.41, 5.74) is 1.49. The first-order chi connectivity index (χ1) is 11.5. The number of hydrogen-bond donors (Lipinski definition) is 1. The topological polar surface area (TPSA) is 56.8 Å². The van der Waals surface area contributed by atoms with Gasteiger partial charge in [0.1, 0.15) is 5.75 Å². The summed E-state index contributed by atoms with van der Waals surface area (Å²) in [6.07, 6.45) is 0.0339. The van der Waals surface area contributed by atoms with Gasteiger partial charge in [0.15, 0.2) is 11.5 Å². The summed E-state index contributed by atoms with van der Waals surface area (Å²) < 4.78 is 16.1. The number of hydrogen-bond acceptors (Lipinski definition) is 4. The zero-order valence-electron chi connectivity index (χ0n) is 14.5. The van der Waals surface area contributed by atoms with Crippen molar-refractivity contribution >= 4 is 5.91 Å². The Hall–Kier alpha value is -2.69. The van der Waals surface area contributed by atoms with Gasteiger partial charge >= 0.3 is 0 Å². The van der Waals surface area contributed by atoms with Crippen molar-refractivity contribution in [2.75, 3.05) is 14.2 Å². The Labute approximate surface area is 142 Å². The lowest BCUT2D eigenvalue weighted by molar-refractivity contribution is 0.0950. The van der Waals surface area contributed by atoms with Crippen LogP contribution in [0.3, 0.4) is 0 Å². The van der Waals surface area contributed by atoms with Crippen LogP contribution < -0.4 is 19.5 Å². The van der Waals surface area contributed by atoms with Crippen LogP contribution in [0.25, 0.3) is 0 Å². The molecule has 0 saturated carbocycles. The molecule has 0 saturated heterocycles. The Morgan fingerprint density at radius 1 is 1.04 bits per heavy atom. The van der Waals surface area contributed by atoms with Crippen LogP contribution >= 0.6 is 0 Å². The molecule has 0 spiro atoms. The maximum absolute atomic E-state index is 12.3. The predicted molar refractivity (Wildman–Crippen MR) is 92.9 cm³/mol. The summed E-state index contributed by atoms with van der Waals surface area (Å²) in [5, 5.41) is 2.89. The van der Waals surface area contributed by atoms with E-state index in [2.05, 4.69) is 5.32 Å². The van der Waals surface area contributed by atoms with E-state index in [1.165, 1.54) is 0 Å². The standard InChI is InChI=1S/C19H23NO4/c1-13(2)24-17-9-8-15(11-18(17)23-4)19(21)20-12-14-6-5-7-16(10-14)22-3/h5-11,13H,12H2,1-4H3,(H,20,21). The predicted octanol–water partition coefficient (Wildman–Crippen LogP) is 3.42. The number of ether oxygens (including phenoxy) is 3. The van der Waals surface area contributed by atoms with Gasteiger partial charge in [-0.1, -0.05) is 12.1 Å². The maximum Gasteiger partial charge on any atom is 0.251 e. The molecule has 0 atom stereocenters. The number of rotatable bonds is 7. The van der Waals surface area contributed by atoms with Crippen LogP contribution in [0, 0.1) is 0 Å². The highest BCUT2D eigenvalue weighted by molar-refractivity contribution is 5.94. The molecule has 2 aromatic carbocycles. The zero-order chi connectivity index (χ0) is 17.5. The van der Waals surface area contributed by atoms with Crippen molar-refractivity contribution in [2.45, 2.75) is 26.5 Å². The van der Waals surface area contributed by atoms with Crippen molar-refractivity contribution < 1.29 is 19.0 Å². The molecule has 0 unspecified atom stereocenters. The fraction of sp³-hybridized carbons (Fsp3) is 0.316. The summed E-state index contributed by atoms with van der Waals surface area (Å²) in [4.78, 5) is 12.3. The van der Waals surface area contributed by atoms with Crippen molar-refractivity contribution in [1.29, 1.82) is 0 Å². The van der Waals surface area contributed by atoms with Gasteiger partial charge in [0.05, 0.1) is 20.3 Å². The smallest absolute Gasteiger partial charge is 0.251 e. The lowest BCUT2D eigenvalue weighted by atomic mass is 10.1. The van der Waals surface area contributed by atoms with Gasteiger partial charge in [-0.2, -0.15) is 0 Å². The molecule has 0 radical (unpaired) electrons. The summed E-state index contributed by atoms with van der Waals surface area (Å²) in [5.74, 6) is 1.75. The van der Waals surface area contributed by atoms with Gasteiger partial charge in [0.25, 0.3) is 5.91 Å². The molecular formula is C19H23NO4. The van der Waals surface area contributed by atoms with Crippen molar-refractivity contribution in [2.24, 2.45) is 0 Å². The normalized spacial score (nSPS) is 10.4. The minimum atomic E-state index is -0.174. The van der Waals surface area contributed by atoms with E-state index in [1.54, 1.807) is 32.4 Å². The molecule has 0 aliphatic heterocycles. The van der Waals surface area contributed by atoms with E-state index in [1.807, 2.05) is 38.1 Å². The molecule has 5 heteroatoms. The molecule has 0 aliphatic carbocycles. The van der Waals surface area contributed by atoms with Crippen LogP contribution in [-0.4, -0.2) is 26.2 Å².